The van der Waals surface area contributed by atoms with Crippen molar-refractivity contribution in [3.63, 3.8) is 0 Å². The molecular weight excluding hydrogens is 192 g/mol. The molecule has 1 aromatic rings. The van der Waals surface area contributed by atoms with Gasteiger partial charge in [0.2, 0.25) is 0 Å². The first-order valence-corrected chi connectivity index (χ1v) is 5.13. The third-order valence-corrected chi connectivity index (χ3v) is 3.00. The molecule has 1 fully saturated rings. The minimum Gasteiger partial charge on any atom is -0.497 e. The Morgan fingerprint density at radius 1 is 1.33 bits per heavy atom. The Kier molecular flexibility index (Phi) is 2.82. The topological polar surface area (TPSA) is 38.7 Å². The fourth-order valence-electron chi connectivity index (χ4n) is 1.96. The Balaban J connectivity index is 2.24. The molecule has 1 saturated carbocycles. The highest BCUT2D eigenvalue weighted by Crippen LogP contribution is 2.50. The Hall–Kier alpha value is -1.22. The van der Waals surface area contributed by atoms with E-state index in [9.17, 15) is 0 Å². The lowest BCUT2D eigenvalue weighted by Gasteiger charge is -2.09. The van der Waals surface area contributed by atoms with Crippen LogP contribution in [0.3, 0.4) is 0 Å². The number of hydrogen-bond acceptors (Lipinski definition) is 3. The van der Waals surface area contributed by atoms with Crippen LogP contribution < -0.4 is 9.47 Å². The molecule has 0 aromatic heterocycles. The van der Waals surface area contributed by atoms with Crippen LogP contribution in [0.2, 0.25) is 0 Å². The van der Waals surface area contributed by atoms with Crippen LogP contribution in [-0.2, 0) is 0 Å². The lowest BCUT2D eigenvalue weighted by molar-refractivity contribution is 0.273. The van der Waals surface area contributed by atoms with Crippen LogP contribution in [0.5, 0.6) is 11.5 Å². The summed E-state index contributed by atoms with van der Waals surface area (Å²) >= 11 is 0. The van der Waals surface area contributed by atoms with E-state index < -0.39 is 0 Å². The molecule has 1 aliphatic carbocycles. The van der Waals surface area contributed by atoms with E-state index in [-0.39, 0.29) is 6.61 Å². The molecule has 0 saturated heterocycles. The molecule has 0 spiro atoms. The molecule has 2 atom stereocenters. The van der Waals surface area contributed by atoms with E-state index in [0.29, 0.717) is 11.8 Å². The SMILES string of the molecule is COc1ccc(C2CC2CO)c(OC)c1. The van der Waals surface area contributed by atoms with E-state index in [2.05, 4.69) is 0 Å². The molecule has 1 N–H and O–H groups in total. The zero-order chi connectivity index (χ0) is 10.8. The summed E-state index contributed by atoms with van der Waals surface area (Å²) in [6.07, 6.45) is 1.05. The van der Waals surface area contributed by atoms with E-state index >= 15 is 0 Å². The van der Waals surface area contributed by atoms with Crippen LogP contribution in [-0.4, -0.2) is 25.9 Å². The maximum absolute atomic E-state index is 9.04. The van der Waals surface area contributed by atoms with Crippen LogP contribution in [0, 0.1) is 5.92 Å². The molecule has 0 aliphatic heterocycles. The second-order valence-electron chi connectivity index (χ2n) is 3.89. The highest BCUT2D eigenvalue weighted by atomic mass is 16.5. The number of benzene rings is 1. The van der Waals surface area contributed by atoms with Gasteiger partial charge in [-0.1, -0.05) is 6.07 Å². The number of rotatable bonds is 4. The van der Waals surface area contributed by atoms with Gasteiger partial charge in [-0.3, -0.25) is 0 Å². The van der Waals surface area contributed by atoms with Crippen molar-refractivity contribution in [3.05, 3.63) is 23.8 Å². The van der Waals surface area contributed by atoms with Crippen molar-refractivity contribution in [2.75, 3.05) is 20.8 Å². The predicted molar refractivity (Wildman–Crippen MR) is 57.5 cm³/mol. The maximum atomic E-state index is 9.04. The average Bonchev–Trinajstić information content (AvgIpc) is 3.07. The second-order valence-corrected chi connectivity index (χ2v) is 3.89. The van der Waals surface area contributed by atoms with Gasteiger partial charge in [0.25, 0.3) is 0 Å². The van der Waals surface area contributed by atoms with Crippen LogP contribution in [0.4, 0.5) is 0 Å². The molecular formula is C12H16O3. The van der Waals surface area contributed by atoms with Gasteiger partial charge in [-0.05, 0) is 29.9 Å². The van der Waals surface area contributed by atoms with Crippen molar-refractivity contribution in [2.45, 2.75) is 12.3 Å². The molecule has 0 radical (unpaired) electrons. The summed E-state index contributed by atoms with van der Waals surface area (Å²) in [5.41, 5.74) is 1.18. The van der Waals surface area contributed by atoms with Crippen molar-refractivity contribution in [1.82, 2.24) is 0 Å². The number of methoxy groups -OCH3 is 2. The van der Waals surface area contributed by atoms with E-state index in [1.54, 1.807) is 14.2 Å². The fourth-order valence-corrected chi connectivity index (χ4v) is 1.96. The predicted octanol–water partition coefficient (Wildman–Crippen LogP) is 1.80. The first-order valence-electron chi connectivity index (χ1n) is 5.13. The molecule has 15 heavy (non-hydrogen) atoms. The van der Waals surface area contributed by atoms with Crippen molar-refractivity contribution in [1.29, 1.82) is 0 Å². The second kappa shape index (κ2) is 4.11. The van der Waals surface area contributed by atoms with Crippen LogP contribution in [0.25, 0.3) is 0 Å². The quantitative estimate of drug-likeness (QED) is 0.820. The van der Waals surface area contributed by atoms with Gasteiger partial charge in [-0.15, -0.1) is 0 Å². The van der Waals surface area contributed by atoms with Crippen LogP contribution in [0.15, 0.2) is 18.2 Å². The maximum Gasteiger partial charge on any atom is 0.126 e. The zero-order valence-corrected chi connectivity index (χ0v) is 9.06. The number of hydrogen-bond donors (Lipinski definition) is 1. The molecule has 0 bridgehead atoms. The Morgan fingerprint density at radius 3 is 2.67 bits per heavy atom. The van der Waals surface area contributed by atoms with E-state index in [0.717, 1.165) is 17.9 Å². The van der Waals surface area contributed by atoms with Gasteiger partial charge in [0, 0.05) is 12.7 Å². The molecule has 1 aliphatic rings. The summed E-state index contributed by atoms with van der Waals surface area (Å²) in [5.74, 6) is 2.52. The van der Waals surface area contributed by atoms with Crippen molar-refractivity contribution >= 4 is 0 Å². The first-order chi connectivity index (χ1) is 7.30. The van der Waals surface area contributed by atoms with Gasteiger partial charge < -0.3 is 14.6 Å². The first kappa shape index (κ1) is 10.3. The molecule has 0 amide bonds. The summed E-state index contributed by atoms with van der Waals surface area (Å²) < 4.78 is 10.5. The standard InChI is InChI=1S/C12H16O3/c1-14-9-3-4-10(12(6-9)15-2)11-5-8(11)7-13/h3-4,6,8,11,13H,5,7H2,1-2H3. The number of aliphatic hydroxyl groups is 1. The van der Waals surface area contributed by atoms with Gasteiger partial charge >= 0.3 is 0 Å². The van der Waals surface area contributed by atoms with E-state index in [1.807, 2.05) is 18.2 Å². The van der Waals surface area contributed by atoms with Crippen molar-refractivity contribution in [2.24, 2.45) is 5.92 Å². The normalized spacial score (nSPS) is 23.7. The Bertz CT molecular complexity index is 349. The Morgan fingerprint density at radius 2 is 2.13 bits per heavy atom. The summed E-state index contributed by atoms with van der Waals surface area (Å²) in [6.45, 7) is 0.264. The molecule has 3 heteroatoms. The third-order valence-electron chi connectivity index (χ3n) is 3.00. The third kappa shape index (κ3) is 1.92. The van der Waals surface area contributed by atoms with Gasteiger partial charge in [0.05, 0.1) is 14.2 Å². The lowest BCUT2D eigenvalue weighted by Crippen LogP contribution is -1.94. The molecule has 3 nitrogen and oxygen atoms in total. The minimum absolute atomic E-state index is 0.264. The minimum atomic E-state index is 0.264. The van der Waals surface area contributed by atoms with Gasteiger partial charge in [0.15, 0.2) is 0 Å². The highest BCUT2D eigenvalue weighted by Gasteiger charge is 2.39. The average molecular weight is 208 g/mol. The number of ether oxygens (including phenoxy) is 2. The number of aliphatic hydroxyl groups excluding tert-OH is 1. The van der Waals surface area contributed by atoms with E-state index in [4.69, 9.17) is 14.6 Å². The van der Waals surface area contributed by atoms with Crippen molar-refractivity contribution in [3.8, 4) is 11.5 Å². The highest BCUT2D eigenvalue weighted by molar-refractivity contribution is 5.44. The monoisotopic (exact) mass is 208 g/mol. The van der Waals surface area contributed by atoms with Gasteiger partial charge in [-0.2, -0.15) is 0 Å². The molecule has 2 rings (SSSR count). The molecule has 0 heterocycles. The Labute approximate surface area is 89.6 Å². The van der Waals surface area contributed by atoms with Crippen molar-refractivity contribution < 1.29 is 14.6 Å². The smallest absolute Gasteiger partial charge is 0.126 e. The summed E-state index contributed by atoms with van der Waals surface area (Å²) in [7, 11) is 3.30. The fraction of sp³-hybridized carbons (Fsp3) is 0.500. The summed E-state index contributed by atoms with van der Waals surface area (Å²) in [4.78, 5) is 0. The molecule has 82 valence electrons. The van der Waals surface area contributed by atoms with Gasteiger partial charge in [0.1, 0.15) is 11.5 Å². The lowest BCUT2D eigenvalue weighted by atomic mass is 10.1. The molecule has 1 aromatic carbocycles. The largest absolute Gasteiger partial charge is 0.497 e. The molecule has 2 unspecified atom stereocenters. The van der Waals surface area contributed by atoms with E-state index in [1.165, 1.54) is 5.56 Å². The summed E-state index contributed by atoms with van der Waals surface area (Å²) in [5, 5.41) is 9.04. The van der Waals surface area contributed by atoms with Crippen LogP contribution in [0.1, 0.15) is 17.9 Å². The summed E-state index contributed by atoms with van der Waals surface area (Å²) in [6, 6.07) is 5.85. The van der Waals surface area contributed by atoms with Gasteiger partial charge in [-0.25, -0.2) is 0 Å². The van der Waals surface area contributed by atoms with Crippen LogP contribution >= 0.6 is 0 Å². The zero-order valence-electron chi connectivity index (χ0n) is 9.06.